The van der Waals surface area contributed by atoms with E-state index >= 15 is 0 Å². The summed E-state index contributed by atoms with van der Waals surface area (Å²) in [7, 11) is 0. The second kappa shape index (κ2) is 8.29. The van der Waals surface area contributed by atoms with Gasteiger partial charge in [0.15, 0.2) is 0 Å². The summed E-state index contributed by atoms with van der Waals surface area (Å²) < 4.78 is 5.99. The molecular weight excluding hydrogens is 414 g/mol. The molecule has 2 aromatic heterocycles. The molecule has 0 radical (unpaired) electrons. The van der Waals surface area contributed by atoms with Gasteiger partial charge < -0.3 is 10.1 Å². The normalized spacial score (nSPS) is 15.2. The van der Waals surface area contributed by atoms with Gasteiger partial charge in [0.1, 0.15) is 15.7 Å². The smallest absolute Gasteiger partial charge is 0.234 e. The Labute approximate surface area is 185 Å². The van der Waals surface area contributed by atoms with Crippen molar-refractivity contribution in [2.75, 3.05) is 11.1 Å². The number of aryl methyl sites for hydroxylation is 3. The summed E-state index contributed by atoms with van der Waals surface area (Å²) in [5, 5.41) is 5.04. The second-order valence-corrected chi connectivity index (χ2v) is 10.4. The highest BCUT2D eigenvalue weighted by molar-refractivity contribution is 8.00. The number of thioether (sulfide) groups is 1. The summed E-state index contributed by atoms with van der Waals surface area (Å²) in [5.41, 5.74) is 4.20. The van der Waals surface area contributed by atoms with Crippen LogP contribution in [0.25, 0.3) is 10.2 Å². The van der Waals surface area contributed by atoms with Crippen LogP contribution < -0.4 is 5.32 Å². The summed E-state index contributed by atoms with van der Waals surface area (Å²) in [5.74, 6) is 1.11. The first-order valence-electron chi connectivity index (χ1n) is 10.2. The lowest BCUT2D eigenvalue weighted by Gasteiger charge is -2.30. The number of carbonyl (C=O) groups is 1. The topological polar surface area (TPSA) is 64.1 Å². The molecule has 0 spiro atoms. The molecule has 7 heteroatoms. The Hall–Kier alpha value is -1.96. The predicted octanol–water partition coefficient (Wildman–Crippen LogP) is 5.45. The minimum absolute atomic E-state index is 0.0236. The summed E-state index contributed by atoms with van der Waals surface area (Å²) in [6.07, 6.45) is 1.60. The Morgan fingerprint density at radius 1 is 1.30 bits per heavy atom. The zero-order chi connectivity index (χ0) is 21.5. The number of nitrogens with one attached hydrogen (secondary N) is 1. The van der Waals surface area contributed by atoms with Gasteiger partial charge in [-0.15, -0.1) is 11.3 Å². The minimum Gasteiger partial charge on any atom is -0.370 e. The SMILES string of the molecule is CCc1nc(SCC(=O)Nc2ccc(C)cc2C)c2c3c(sc2n1)COC(C)(C)C3. The third-order valence-corrected chi connectivity index (χ3v) is 7.33. The molecule has 5 nitrogen and oxygen atoms in total. The van der Waals surface area contributed by atoms with Crippen LogP contribution in [0, 0.1) is 13.8 Å². The second-order valence-electron chi connectivity index (χ2n) is 8.36. The molecule has 0 saturated carbocycles. The monoisotopic (exact) mass is 441 g/mol. The zero-order valence-corrected chi connectivity index (χ0v) is 19.7. The molecule has 1 aromatic carbocycles. The third-order valence-electron chi connectivity index (χ3n) is 5.26. The molecule has 1 aliphatic rings. The summed E-state index contributed by atoms with van der Waals surface area (Å²) in [6, 6.07) is 6.05. The number of fused-ring (bicyclic) bond motifs is 3. The van der Waals surface area contributed by atoms with Crippen molar-refractivity contribution in [2.24, 2.45) is 0 Å². The number of thiophene rings is 1. The number of carbonyl (C=O) groups excluding carboxylic acids is 1. The molecule has 0 aliphatic carbocycles. The number of anilines is 1. The van der Waals surface area contributed by atoms with Crippen LogP contribution in [0.3, 0.4) is 0 Å². The van der Waals surface area contributed by atoms with E-state index in [0.29, 0.717) is 12.4 Å². The van der Waals surface area contributed by atoms with Crippen molar-refractivity contribution in [3.8, 4) is 0 Å². The van der Waals surface area contributed by atoms with Crippen molar-refractivity contribution in [1.29, 1.82) is 0 Å². The highest BCUT2D eigenvalue weighted by Crippen LogP contribution is 2.41. The average Bonchev–Trinajstić information content (AvgIpc) is 3.04. The van der Waals surface area contributed by atoms with E-state index in [4.69, 9.17) is 14.7 Å². The molecule has 3 heterocycles. The van der Waals surface area contributed by atoms with Gasteiger partial charge >= 0.3 is 0 Å². The molecular formula is C23H27N3O2S2. The van der Waals surface area contributed by atoms with Crippen LogP contribution in [0.2, 0.25) is 0 Å². The van der Waals surface area contributed by atoms with Crippen molar-refractivity contribution < 1.29 is 9.53 Å². The van der Waals surface area contributed by atoms with Gasteiger partial charge in [-0.05, 0) is 44.9 Å². The van der Waals surface area contributed by atoms with E-state index in [1.807, 2.05) is 26.0 Å². The summed E-state index contributed by atoms with van der Waals surface area (Å²) in [4.78, 5) is 24.4. The van der Waals surface area contributed by atoms with E-state index in [2.05, 4.69) is 32.2 Å². The maximum absolute atomic E-state index is 12.7. The number of amides is 1. The fourth-order valence-electron chi connectivity index (χ4n) is 3.69. The van der Waals surface area contributed by atoms with Gasteiger partial charge in [-0.1, -0.05) is 36.4 Å². The molecule has 1 amide bonds. The fourth-order valence-corrected chi connectivity index (χ4v) is 5.75. The molecule has 1 aliphatic heterocycles. The van der Waals surface area contributed by atoms with Gasteiger partial charge in [0.05, 0.1) is 18.0 Å². The Kier molecular flexibility index (Phi) is 5.88. The van der Waals surface area contributed by atoms with Crippen LogP contribution in [0.4, 0.5) is 5.69 Å². The first-order chi connectivity index (χ1) is 14.3. The van der Waals surface area contributed by atoms with Gasteiger partial charge in [-0.2, -0.15) is 0 Å². The van der Waals surface area contributed by atoms with Crippen LogP contribution in [0.5, 0.6) is 0 Å². The molecule has 0 saturated heterocycles. The van der Waals surface area contributed by atoms with Crippen molar-refractivity contribution >= 4 is 44.9 Å². The highest BCUT2D eigenvalue weighted by Gasteiger charge is 2.31. The predicted molar refractivity (Wildman–Crippen MR) is 125 cm³/mol. The molecule has 0 atom stereocenters. The number of nitrogens with zero attached hydrogens (tertiary/aromatic N) is 2. The third kappa shape index (κ3) is 4.38. The van der Waals surface area contributed by atoms with E-state index in [1.165, 1.54) is 27.8 Å². The first kappa shape index (κ1) is 21.3. The van der Waals surface area contributed by atoms with Gasteiger partial charge in [-0.25, -0.2) is 9.97 Å². The lowest BCUT2D eigenvalue weighted by atomic mass is 9.95. The van der Waals surface area contributed by atoms with Gasteiger partial charge in [0.2, 0.25) is 5.91 Å². The Morgan fingerprint density at radius 3 is 2.83 bits per heavy atom. The number of ether oxygens (including phenoxy) is 1. The van der Waals surface area contributed by atoms with Crippen LogP contribution in [0.15, 0.2) is 23.2 Å². The fraction of sp³-hybridized carbons (Fsp3) is 0.435. The highest BCUT2D eigenvalue weighted by atomic mass is 32.2. The number of rotatable bonds is 5. The van der Waals surface area contributed by atoms with Crippen molar-refractivity contribution in [1.82, 2.24) is 9.97 Å². The molecule has 158 valence electrons. The first-order valence-corrected chi connectivity index (χ1v) is 12.0. The van der Waals surface area contributed by atoms with Crippen molar-refractivity contribution in [3.05, 3.63) is 45.6 Å². The van der Waals surface area contributed by atoms with Crippen LogP contribution in [-0.2, 0) is 29.0 Å². The Balaban J connectivity index is 1.60. The largest absolute Gasteiger partial charge is 0.370 e. The molecule has 30 heavy (non-hydrogen) atoms. The Morgan fingerprint density at radius 2 is 2.10 bits per heavy atom. The van der Waals surface area contributed by atoms with E-state index in [-0.39, 0.29) is 11.5 Å². The lowest BCUT2D eigenvalue weighted by Crippen LogP contribution is -2.31. The lowest BCUT2D eigenvalue weighted by molar-refractivity contribution is -0.113. The molecule has 4 rings (SSSR count). The number of aromatic nitrogens is 2. The van der Waals surface area contributed by atoms with E-state index in [1.54, 1.807) is 11.3 Å². The Bertz CT molecular complexity index is 1120. The average molecular weight is 442 g/mol. The van der Waals surface area contributed by atoms with E-state index in [9.17, 15) is 4.79 Å². The van der Waals surface area contributed by atoms with Gasteiger partial charge in [-0.3, -0.25) is 4.79 Å². The molecule has 3 aromatic rings. The van der Waals surface area contributed by atoms with Crippen LogP contribution in [0.1, 0.15) is 48.2 Å². The maximum Gasteiger partial charge on any atom is 0.234 e. The quantitative estimate of drug-likeness (QED) is 0.421. The molecule has 1 N–H and O–H groups in total. The van der Waals surface area contributed by atoms with Gasteiger partial charge in [0, 0.05) is 28.8 Å². The minimum atomic E-state index is -0.202. The van der Waals surface area contributed by atoms with Crippen LogP contribution in [-0.4, -0.2) is 27.2 Å². The van der Waals surface area contributed by atoms with E-state index < -0.39 is 0 Å². The number of hydrogen-bond acceptors (Lipinski definition) is 6. The van der Waals surface area contributed by atoms with Crippen molar-refractivity contribution in [3.63, 3.8) is 0 Å². The van der Waals surface area contributed by atoms with Crippen LogP contribution >= 0.6 is 23.1 Å². The standard InChI is InChI=1S/C23H27N3O2S2/c1-6-18-25-21(29-12-19(27)24-16-8-7-13(2)9-14(16)3)20-15-10-23(4,5)28-11-17(15)30-22(20)26-18/h7-9H,6,10-12H2,1-5H3,(H,24,27). The summed E-state index contributed by atoms with van der Waals surface area (Å²) in [6.45, 7) is 11.0. The molecule has 0 bridgehead atoms. The molecule has 0 fully saturated rings. The zero-order valence-electron chi connectivity index (χ0n) is 18.1. The summed E-state index contributed by atoms with van der Waals surface area (Å²) >= 11 is 3.19. The van der Waals surface area contributed by atoms with E-state index in [0.717, 1.165) is 45.2 Å². The van der Waals surface area contributed by atoms with Gasteiger partial charge in [0.25, 0.3) is 0 Å². The number of benzene rings is 1. The van der Waals surface area contributed by atoms with Crippen molar-refractivity contribution in [2.45, 2.75) is 64.7 Å². The molecule has 0 unspecified atom stereocenters. The maximum atomic E-state index is 12.7. The number of hydrogen-bond donors (Lipinski definition) is 1.